The second-order valence-corrected chi connectivity index (χ2v) is 5.18. The zero-order valence-electron chi connectivity index (χ0n) is 11.1. The molecule has 0 unspecified atom stereocenters. The van der Waals surface area contributed by atoms with Crippen molar-refractivity contribution in [3.8, 4) is 0 Å². The molecule has 0 radical (unpaired) electrons. The summed E-state index contributed by atoms with van der Waals surface area (Å²) in [5.74, 6) is 0. The van der Waals surface area contributed by atoms with Crippen molar-refractivity contribution in [2.45, 2.75) is 57.0 Å². The van der Waals surface area contributed by atoms with E-state index < -0.39 is 5.54 Å². The fourth-order valence-corrected chi connectivity index (χ4v) is 3.40. The predicted molar refractivity (Wildman–Crippen MR) is 68.3 cm³/mol. The van der Waals surface area contributed by atoms with Gasteiger partial charge >= 0.3 is 6.09 Å². The molecule has 1 saturated heterocycles. The van der Waals surface area contributed by atoms with Gasteiger partial charge in [0.25, 0.3) is 0 Å². The lowest BCUT2D eigenvalue weighted by molar-refractivity contribution is -0.106. The van der Waals surface area contributed by atoms with E-state index in [9.17, 15) is 9.59 Å². The van der Waals surface area contributed by atoms with Crippen molar-refractivity contribution in [3.05, 3.63) is 11.6 Å². The lowest BCUT2D eigenvalue weighted by Crippen LogP contribution is -2.54. The molecule has 1 fully saturated rings. The van der Waals surface area contributed by atoms with E-state index in [-0.39, 0.29) is 12.1 Å². The third-order valence-corrected chi connectivity index (χ3v) is 4.31. The van der Waals surface area contributed by atoms with Gasteiger partial charge in [-0.05, 0) is 25.7 Å². The van der Waals surface area contributed by atoms with Gasteiger partial charge in [-0.2, -0.15) is 0 Å². The molecule has 2 heterocycles. The molecule has 18 heavy (non-hydrogen) atoms. The molecule has 2 aliphatic heterocycles. The largest absolute Gasteiger partial charge is 0.453 e. The second-order valence-electron chi connectivity index (χ2n) is 5.18. The van der Waals surface area contributed by atoms with Crippen molar-refractivity contribution < 1.29 is 14.3 Å². The zero-order valence-corrected chi connectivity index (χ0v) is 11.1. The number of hydrogen-bond acceptors (Lipinski definition) is 3. The van der Waals surface area contributed by atoms with Crippen LogP contribution in [0.3, 0.4) is 0 Å². The number of amides is 1. The van der Waals surface area contributed by atoms with Gasteiger partial charge in [0.05, 0.1) is 12.6 Å². The molecule has 2 aliphatic rings. The van der Waals surface area contributed by atoms with Crippen LogP contribution in [0.15, 0.2) is 11.6 Å². The Hall–Kier alpha value is -1.32. The van der Waals surface area contributed by atoms with Crippen LogP contribution in [0.4, 0.5) is 4.79 Å². The Kier molecular flexibility index (Phi) is 3.73. The van der Waals surface area contributed by atoms with E-state index in [1.54, 1.807) is 0 Å². The van der Waals surface area contributed by atoms with Crippen LogP contribution in [0.2, 0.25) is 0 Å². The summed E-state index contributed by atoms with van der Waals surface area (Å²) >= 11 is 0. The Morgan fingerprint density at radius 3 is 3.06 bits per heavy atom. The van der Waals surface area contributed by atoms with E-state index in [2.05, 4.69) is 6.92 Å². The number of aldehydes is 1. The molecule has 0 aromatic heterocycles. The third kappa shape index (κ3) is 1.84. The van der Waals surface area contributed by atoms with Gasteiger partial charge in [0, 0.05) is 11.6 Å². The second kappa shape index (κ2) is 5.12. The van der Waals surface area contributed by atoms with E-state index in [4.69, 9.17) is 4.74 Å². The minimum Gasteiger partial charge on any atom is -0.453 e. The van der Waals surface area contributed by atoms with Gasteiger partial charge in [-0.3, -0.25) is 9.69 Å². The first-order chi connectivity index (χ1) is 8.69. The molecule has 2 rings (SSSR count). The van der Waals surface area contributed by atoms with Gasteiger partial charge in [0.1, 0.15) is 6.29 Å². The Morgan fingerprint density at radius 1 is 1.67 bits per heavy atom. The Labute approximate surface area is 108 Å². The van der Waals surface area contributed by atoms with Crippen molar-refractivity contribution in [3.63, 3.8) is 0 Å². The summed E-state index contributed by atoms with van der Waals surface area (Å²) in [6.45, 7) is 2.12. The van der Waals surface area contributed by atoms with Crippen molar-refractivity contribution in [1.82, 2.24) is 4.90 Å². The number of nitrogens with zero attached hydrogens (tertiary/aromatic N) is 1. The SMILES string of the molecule is CCCC[C@@]12CC[C@@H](CC=C1C=O)N2C(=O)OC. The van der Waals surface area contributed by atoms with Crippen LogP contribution in [-0.2, 0) is 9.53 Å². The monoisotopic (exact) mass is 251 g/mol. The van der Waals surface area contributed by atoms with Gasteiger partial charge in [-0.25, -0.2) is 4.79 Å². The third-order valence-electron chi connectivity index (χ3n) is 4.31. The van der Waals surface area contributed by atoms with Crippen molar-refractivity contribution in [2.24, 2.45) is 0 Å². The number of fused-ring (bicyclic) bond motifs is 2. The fraction of sp³-hybridized carbons (Fsp3) is 0.714. The Bertz CT molecular complexity index is 377. The van der Waals surface area contributed by atoms with Crippen LogP contribution < -0.4 is 0 Å². The first-order valence-corrected chi connectivity index (χ1v) is 6.72. The van der Waals surface area contributed by atoms with Crippen LogP contribution in [0.25, 0.3) is 0 Å². The van der Waals surface area contributed by atoms with Crippen LogP contribution in [0.1, 0.15) is 45.4 Å². The molecule has 0 N–H and O–H groups in total. The molecule has 2 bridgehead atoms. The zero-order chi connectivity index (χ0) is 13.2. The summed E-state index contributed by atoms with van der Waals surface area (Å²) < 4.78 is 4.91. The average molecular weight is 251 g/mol. The molecule has 0 aliphatic carbocycles. The van der Waals surface area contributed by atoms with Crippen molar-refractivity contribution in [1.29, 1.82) is 0 Å². The van der Waals surface area contributed by atoms with Gasteiger partial charge in [0.15, 0.2) is 0 Å². The molecular formula is C14H21NO3. The Morgan fingerprint density at radius 2 is 2.44 bits per heavy atom. The van der Waals surface area contributed by atoms with E-state index in [0.717, 1.165) is 50.4 Å². The first-order valence-electron chi connectivity index (χ1n) is 6.72. The molecule has 0 aromatic rings. The predicted octanol–water partition coefficient (Wildman–Crippen LogP) is 2.68. The number of hydrogen-bond donors (Lipinski definition) is 0. The molecule has 0 saturated carbocycles. The molecule has 100 valence electrons. The number of ether oxygens (including phenoxy) is 1. The molecule has 4 nitrogen and oxygen atoms in total. The summed E-state index contributed by atoms with van der Waals surface area (Å²) in [5, 5.41) is 0. The van der Waals surface area contributed by atoms with E-state index in [0.29, 0.717) is 0 Å². The maximum atomic E-state index is 12.0. The molecule has 4 heteroatoms. The van der Waals surface area contributed by atoms with Crippen LogP contribution >= 0.6 is 0 Å². The fourth-order valence-electron chi connectivity index (χ4n) is 3.40. The van der Waals surface area contributed by atoms with Gasteiger partial charge in [0.2, 0.25) is 0 Å². The van der Waals surface area contributed by atoms with Gasteiger partial charge in [-0.15, -0.1) is 0 Å². The number of rotatable bonds is 4. The summed E-state index contributed by atoms with van der Waals surface area (Å²) in [7, 11) is 1.41. The lowest BCUT2D eigenvalue weighted by atomic mass is 9.81. The summed E-state index contributed by atoms with van der Waals surface area (Å²) in [4.78, 5) is 25.2. The average Bonchev–Trinajstić information content (AvgIpc) is 2.67. The molecule has 1 amide bonds. The summed E-state index contributed by atoms with van der Waals surface area (Å²) in [5.41, 5.74) is 0.378. The highest BCUT2D eigenvalue weighted by molar-refractivity contribution is 5.82. The van der Waals surface area contributed by atoms with Crippen LogP contribution in [0.5, 0.6) is 0 Å². The highest BCUT2D eigenvalue weighted by Crippen LogP contribution is 2.47. The lowest BCUT2D eigenvalue weighted by Gasteiger charge is -2.43. The van der Waals surface area contributed by atoms with Gasteiger partial charge in [-0.1, -0.05) is 25.8 Å². The van der Waals surface area contributed by atoms with Gasteiger partial charge < -0.3 is 4.74 Å². The van der Waals surface area contributed by atoms with E-state index in [1.807, 2.05) is 11.0 Å². The summed E-state index contributed by atoms with van der Waals surface area (Å²) in [6.07, 6.45) is 8.22. The molecule has 0 aromatic carbocycles. The number of unbranched alkanes of at least 4 members (excludes halogenated alkanes) is 1. The number of methoxy groups -OCH3 is 1. The molecule has 2 atom stereocenters. The molecular weight excluding hydrogens is 230 g/mol. The number of carbonyl (C=O) groups excluding carboxylic acids is 2. The van der Waals surface area contributed by atoms with Crippen LogP contribution in [0, 0.1) is 0 Å². The minimum atomic E-state index is -0.395. The Balaban J connectivity index is 2.36. The van der Waals surface area contributed by atoms with Crippen molar-refractivity contribution >= 4 is 12.4 Å². The summed E-state index contributed by atoms with van der Waals surface area (Å²) in [6, 6.07) is 0.206. The normalized spacial score (nSPS) is 30.0. The van der Waals surface area contributed by atoms with E-state index >= 15 is 0 Å². The standard InChI is InChI=1S/C14H21NO3/c1-3-4-8-14-9-7-12(6-5-11(14)10-16)15(14)13(17)18-2/h5,10,12H,3-4,6-9H2,1-2H3/t12-,14-/m1/s1. The topological polar surface area (TPSA) is 46.6 Å². The maximum Gasteiger partial charge on any atom is 0.410 e. The molecule has 0 spiro atoms. The maximum absolute atomic E-state index is 12.0. The van der Waals surface area contributed by atoms with E-state index in [1.165, 1.54) is 7.11 Å². The number of carbonyl (C=O) groups is 2. The van der Waals surface area contributed by atoms with Crippen LogP contribution in [-0.4, -0.2) is 36.0 Å². The van der Waals surface area contributed by atoms with Crippen molar-refractivity contribution in [2.75, 3.05) is 7.11 Å². The smallest absolute Gasteiger partial charge is 0.410 e. The first kappa shape index (κ1) is 13.1. The minimum absolute atomic E-state index is 0.206. The quantitative estimate of drug-likeness (QED) is 0.722. The highest BCUT2D eigenvalue weighted by atomic mass is 16.5. The highest BCUT2D eigenvalue weighted by Gasteiger charge is 2.52.